The number of aromatic nitrogens is 3. The van der Waals surface area contributed by atoms with Crippen LogP contribution in [-0.4, -0.2) is 15.0 Å². The Kier molecular flexibility index (Phi) is 7.81. The lowest BCUT2D eigenvalue weighted by molar-refractivity contribution is 0.660. The lowest BCUT2D eigenvalue weighted by Gasteiger charge is -2.21. The summed E-state index contributed by atoms with van der Waals surface area (Å²) in [4.78, 5) is 14.6. The summed E-state index contributed by atoms with van der Waals surface area (Å²) in [7, 11) is 0. The Balaban J connectivity index is 1.09. The van der Waals surface area contributed by atoms with Crippen molar-refractivity contribution in [3.05, 3.63) is 199 Å². The molecule has 3 nitrogen and oxygen atoms in total. The Morgan fingerprint density at radius 3 is 1.78 bits per heavy atom. The molecule has 0 aliphatic heterocycles. The molecule has 0 unspecified atom stereocenters. The molecule has 0 radical (unpaired) electrons. The van der Waals surface area contributed by atoms with Gasteiger partial charge in [0.05, 0.1) is 11.4 Å². The quantitative estimate of drug-likeness (QED) is 0.173. The minimum Gasteiger partial charge on any atom is -0.264 e. The van der Waals surface area contributed by atoms with E-state index in [1.54, 1.807) is 6.20 Å². The predicted molar refractivity (Wildman–Crippen MR) is 228 cm³/mol. The fourth-order valence-corrected chi connectivity index (χ4v) is 8.44. The summed E-state index contributed by atoms with van der Waals surface area (Å²) >= 11 is 0. The first kappa shape index (κ1) is 32.7. The van der Waals surface area contributed by atoms with Crippen molar-refractivity contribution in [2.45, 2.75) is 19.3 Å². The molecule has 55 heavy (non-hydrogen) atoms. The van der Waals surface area contributed by atoms with E-state index in [1.807, 2.05) is 30.5 Å². The third kappa shape index (κ3) is 5.64. The van der Waals surface area contributed by atoms with Gasteiger partial charge in [-0.25, -0.2) is 9.97 Å². The second kappa shape index (κ2) is 13.2. The molecule has 1 aliphatic carbocycles. The highest BCUT2D eigenvalue weighted by atomic mass is 14.9. The maximum atomic E-state index is 5.21. The second-order valence-electron chi connectivity index (χ2n) is 14.8. The zero-order valence-electron chi connectivity index (χ0n) is 30.7. The minimum absolute atomic E-state index is 0.0455. The maximum Gasteiger partial charge on any atom is 0.160 e. The van der Waals surface area contributed by atoms with Gasteiger partial charge >= 0.3 is 0 Å². The van der Waals surface area contributed by atoms with Crippen LogP contribution in [0.3, 0.4) is 0 Å². The van der Waals surface area contributed by atoms with Gasteiger partial charge in [0.15, 0.2) is 5.82 Å². The van der Waals surface area contributed by atoms with Crippen LogP contribution < -0.4 is 0 Å². The first-order valence-corrected chi connectivity index (χ1v) is 18.8. The molecule has 0 atom stereocenters. The van der Waals surface area contributed by atoms with E-state index in [0.717, 1.165) is 44.6 Å². The standard InChI is InChI=1S/C52H37N3/c1-52(2)46-22-9-8-20-45(46)50-41(21-11-23-47(50)52)38-16-10-15-37(31-38)40-28-29-44(43-19-7-6-18-42(40)43)49-32-48(54-51(55-49)36-13-4-3-5-14-36)35-26-24-34(25-27-35)39-17-12-30-53-33-39/h3-33H,1-2H3. The van der Waals surface area contributed by atoms with Crippen LogP contribution in [0.1, 0.15) is 25.0 Å². The summed E-state index contributed by atoms with van der Waals surface area (Å²) in [6, 6.07) is 62.9. The largest absolute Gasteiger partial charge is 0.264 e. The van der Waals surface area contributed by atoms with Gasteiger partial charge in [-0.05, 0) is 84.6 Å². The van der Waals surface area contributed by atoms with E-state index in [4.69, 9.17) is 9.97 Å². The van der Waals surface area contributed by atoms with Crippen molar-refractivity contribution in [1.82, 2.24) is 15.0 Å². The Labute approximate surface area is 321 Å². The molecule has 0 spiro atoms. The van der Waals surface area contributed by atoms with E-state index < -0.39 is 0 Å². The fourth-order valence-electron chi connectivity index (χ4n) is 8.44. The van der Waals surface area contributed by atoms with Crippen LogP contribution >= 0.6 is 0 Å². The summed E-state index contributed by atoms with van der Waals surface area (Å²) in [5.74, 6) is 0.699. The summed E-state index contributed by atoms with van der Waals surface area (Å²) in [6.07, 6.45) is 3.69. The topological polar surface area (TPSA) is 38.7 Å². The highest BCUT2D eigenvalue weighted by molar-refractivity contribution is 6.05. The smallest absolute Gasteiger partial charge is 0.160 e. The van der Waals surface area contributed by atoms with E-state index in [-0.39, 0.29) is 5.41 Å². The molecule has 0 fully saturated rings. The average Bonchev–Trinajstić information content (AvgIpc) is 3.49. The second-order valence-corrected chi connectivity index (χ2v) is 14.8. The summed E-state index contributed by atoms with van der Waals surface area (Å²) in [5.41, 5.74) is 17.3. The Bertz CT molecular complexity index is 2870. The third-order valence-corrected chi connectivity index (χ3v) is 11.2. The van der Waals surface area contributed by atoms with Gasteiger partial charge < -0.3 is 0 Å². The van der Waals surface area contributed by atoms with Gasteiger partial charge in [0.1, 0.15) is 0 Å². The van der Waals surface area contributed by atoms with Gasteiger partial charge in [-0.2, -0.15) is 0 Å². The molecule has 7 aromatic carbocycles. The number of nitrogens with zero attached hydrogens (tertiary/aromatic N) is 3. The molecule has 0 saturated carbocycles. The third-order valence-electron chi connectivity index (χ3n) is 11.2. The SMILES string of the molecule is CC1(C)c2ccccc2-c2c(-c3cccc(-c4ccc(-c5cc(-c6ccc(-c7cccnc7)cc6)nc(-c6ccccc6)n5)c5ccccc45)c3)cccc21. The molecule has 10 rings (SSSR count). The summed E-state index contributed by atoms with van der Waals surface area (Å²) < 4.78 is 0. The first-order valence-electron chi connectivity index (χ1n) is 18.8. The van der Waals surface area contributed by atoms with Crippen LogP contribution in [0, 0.1) is 0 Å². The molecular formula is C52H37N3. The molecule has 0 bridgehead atoms. The van der Waals surface area contributed by atoms with Gasteiger partial charge in [-0.3, -0.25) is 4.98 Å². The van der Waals surface area contributed by atoms with Crippen molar-refractivity contribution in [3.63, 3.8) is 0 Å². The van der Waals surface area contributed by atoms with Crippen LogP contribution in [0.25, 0.3) is 89.2 Å². The Morgan fingerprint density at radius 1 is 0.382 bits per heavy atom. The Morgan fingerprint density at radius 2 is 0.982 bits per heavy atom. The lowest BCUT2D eigenvalue weighted by Crippen LogP contribution is -2.14. The molecule has 260 valence electrons. The predicted octanol–water partition coefficient (Wildman–Crippen LogP) is 13.3. The number of rotatable bonds is 6. The number of hydrogen-bond acceptors (Lipinski definition) is 3. The molecule has 2 aromatic heterocycles. The van der Waals surface area contributed by atoms with Crippen molar-refractivity contribution in [3.8, 4) is 78.4 Å². The highest BCUT2D eigenvalue weighted by Crippen LogP contribution is 2.52. The highest BCUT2D eigenvalue weighted by Gasteiger charge is 2.36. The van der Waals surface area contributed by atoms with Crippen molar-refractivity contribution in [2.24, 2.45) is 0 Å². The number of hydrogen-bond donors (Lipinski definition) is 0. The molecular weight excluding hydrogens is 667 g/mol. The molecule has 2 heterocycles. The van der Waals surface area contributed by atoms with E-state index >= 15 is 0 Å². The molecule has 1 aliphatic rings. The molecule has 3 heteroatoms. The fraction of sp³-hybridized carbons (Fsp3) is 0.0577. The number of benzene rings is 7. The zero-order chi connectivity index (χ0) is 36.9. The van der Waals surface area contributed by atoms with E-state index in [1.165, 1.54) is 49.9 Å². The van der Waals surface area contributed by atoms with E-state index in [0.29, 0.717) is 5.82 Å². The monoisotopic (exact) mass is 703 g/mol. The minimum atomic E-state index is -0.0455. The van der Waals surface area contributed by atoms with Crippen molar-refractivity contribution >= 4 is 10.8 Å². The van der Waals surface area contributed by atoms with Crippen molar-refractivity contribution in [1.29, 1.82) is 0 Å². The summed E-state index contributed by atoms with van der Waals surface area (Å²) in [5, 5.41) is 2.33. The molecule has 0 amide bonds. The first-order chi connectivity index (χ1) is 27.0. The lowest BCUT2D eigenvalue weighted by atomic mass is 9.82. The van der Waals surface area contributed by atoms with Gasteiger partial charge in [0.2, 0.25) is 0 Å². The maximum absolute atomic E-state index is 5.21. The molecule has 0 N–H and O–H groups in total. The van der Waals surface area contributed by atoms with Crippen molar-refractivity contribution < 1.29 is 0 Å². The van der Waals surface area contributed by atoms with Crippen LogP contribution in [0.2, 0.25) is 0 Å². The van der Waals surface area contributed by atoms with Crippen molar-refractivity contribution in [2.75, 3.05) is 0 Å². The van der Waals surface area contributed by atoms with Crippen LogP contribution in [-0.2, 0) is 5.41 Å². The number of fused-ring (bicyclic) bond motifs is 4. The Hall–Kier alpha value is -6.97. The van der Waals surface area contributed by atoms with E-state index in [2.05, 4.69) is 170 Å². The van der Waals surface area contributed by atoms with Gasteiger partial charge in [-0.1, -0.05) is 172 Å². The molecule has 0 saturated heterocycles. The average molecular weight is 704 g/mol. The zero-order valence-corrected chi connectivity index (χ0v) is 30.7. The normalized spacial score (nSPS) is 12.7. The summed E-state index contributed by atoms with van der Waals surface area (Å²) in [6.45, 7) is 4.68. The molecule has 9 aromatic rings. The van der Waals surface area contributed by atoms with Gasteiger partial charge in [-0.15, -0.1) is 0 Å². The van der Waals surface area contributed by atoms with Gasteiger partial charge in [0.25, 0.3) is 0 Å². The van der Waals surface area contributed by atoms with Crippen LogP contribution in [0.15, 0.2) is 188 Å². The van der Waals surface area contributed by atoms with Gasteiger partial charge in [0, 0.05) is 34.5 Å². The van der Waals surface area contributed by atoms with Crippen LogP contribution in [0.5, 0.6) is 0 Å². The van der Waals surface area contributed by atoms with E-state index in [9.17, 15) is 0 Å². The van der Waals surface area contributed by atoms with Crippen LogP contribution in [0.4, 0.5) is 0 Å². The number of pyridine rings is 1.